The number of esters is 1. The van der Waals surface area contributed by atoms with Gasteiger partial charge in [-0.1, -0.05) is 0 Å². The molecular formula is C18H24N6O2. The summed E-state index contributed by atoms with van der Waals surface area (Å²) in [7, 11) is 2.13. The summed E-state index contributed by atoms with van der Waals surface area (Å²) in [5, 5.41) is 4.71. The Morgan fingerprint density at radius 3 is 2.85 bits per heavy atom. The molecule has 2 aliphatic rings. The van der Waals surface area contributed by atoms with Gasteiger partial charge < -0.3 is 15.4 Å². The summed E-state index contributed by atoms with van der Waals surface area (Å²) in [5.74, 6) is -0.119. The molecular weight excluding hydrogens is 332 g/mol. The molecule has 0 radical (unpaired) electrons. The van der Waals surface area contributed by atoms with Crippen LogP contribution in [0.3, 0.4) is 0 Å². The molecule has 1 fully saturated rings. The lowest BCUT2D eigenvalue weighted by Gasteiger charge is -2.30. The molecule has 8 nitrogen and oxygen atoms in total. The highest BCUT2D eigenvalue weighted by molar-refractivity contribution is 5.91. The van der Waals surface area contributed by atoms with Crippen LogP contribution in [0.15, 0.2) is 6.20 Å². The normalized spacial score (nSPS) is 17.6. The smallest absolute Gasteiger partial charge is 0.359 e. The lowest BCUT2D eigenvalue weighted by Crippen LogP contribution is -2.32. The first kappa shape index (κ1) is 17.0. The number of aromatic nitrogens is 4. The van der Waals surface area contributed by atoms with Gasteiger partial charge in [-0.25, -0.2) is 14.8 Å². The van der Waals surface area contributed by atoms with Gasteiger partial charge in [0.15, 0.2) is 5.69 Å². The third-order valence-electron chi connectivity index (χ3n) is 5.26. The molecule has 26 heavy (non-hydrogen) atoms. The van der Waals surface area contributed by atoms with E-state index in [4.69, 9.17) is 15.6 Å². The van der Waals surface area contributed by atoms with E-state index in [2.05, 4.69) is 21.9 Å². The number of hydrogen-bond acceptors (Lipinski definition) is 7. The second-order valence-electron chi connectivity index (χ2n) is 6.98. The SMILES string of the molecule is CCOC(=O)c1nn(C2CCN(C)CC2)c2c1CCc1cnc(N)nc1-2. The zero-order chi connectivity index (χ0) is 18.3. The first-order valence-corrected chi connectivity index (χ1v) is 9.17. The van der Waals surface area contributed by atoms with Crippen molar-refractivity contribution in [3.63, 3.8) is 0 Å². The van der Waals surface area contributed by atoms with Crippen LogP contribution >= 0.6 is 0 Å². The number of carbonyl (C=O) groups excluding carboxylic acids is 1. The van der Waals surface area contributed by atoms with Crippen molar-refractivity contribution in [1.29, 1.82) is 0 Å². The number of aryl methyl sites for hydroxylation is 1. The summed E-state index contributed by atoms with van der Waals surface area (Å²) in [6.45, 7) is 4.15. The van der Waals surface area contributed by atoms with Gasteiger partial charge in [-0.15, -0.1) is 0 Å². The molecule has 0 amide bonds. The Morgan fingerprint density at radius 2 is 2.12 bits per heavy atom. The number of rotatable bonds is 3. The minimum Gasteiger partial charge on any atom is -0.461 e. The number of hydrogen-bond donors (Lipinski definition) is 1. The van der Waals surface area contributed by atoms with Crippen LogP contribution in [-0.2, 0) is 17.6 Å². The average Bonchev–Trinajstić information content (AvgIpc) is 3.03. The second-order valence-corrected chi connectivity index (χ2v) is 6.98. The van der Waals surface area contributed by atoms with Crippen molar-refractivity contribution in [1.82, 2.24) is 24.6 Å². The van der Waals surface area contributed by atoms with Crippen LogP contribution in [-0.4, -0.2) is 57.4 Å². The maximum absolute atomic E-state index is 12.5. The minimum absolute atomic E-state index is 0.241. The van der Waals surface area contributed by atoms with E-state index in [0.29, 0.717) is 12.3 Å². The number of ether oxygens (including phenoxy) is 1. The third kappa shape index (κ3) is 2.84. The van der Waals surface area contributed by atoms with E-state index in [1.807, 2.05) is 11.6 Å². The summed E-state index contributed by atoms with van der Waals surface area (Å²) in [6.07, 6.45) is 5.27. The van der Waals surface area contributed by atoms with Gasteiger partial charge in [0.2, 0.25) is 5.95 Å². The first-order valence-electron chi connectivity index (χ1n) is 9.17. The van der Waals surface area contributed by atoms with Crippen LogP contribution in [0.1, 0.15) is 47.4 Å². The molecule has 2 aromatic rings. The van der Waals surface area contributed by atoms with E-state index in [-0.39, 0.29) is 18.0 Å². The molecule has 2 aromatic heterocycles. The van der Waals surface area contributed by atoms with Gasteiger partial charge in [0.1, 0.15) is 0 Å². The lowest BCUT2D eigenvalue weighted by molar-refractivity contribution is 0.0516. The van der Waals surface area contributed by atoms with Crippen LogP contribution < -0.4 is 5.73 Å². The van der Waals surface area contributed by atoms with Crippen molar-refractivity contribution in [2.75, 3.05) is 32.5 Å². The van der Waals surface area contributed by atoms with Gasteiger partial charge in [0.25, 0.3) is 0 Å². The molecule has 8 heteroatoms. The molecule has 0 unspecified atom stereocenters. The summed E-state index contributed by atoms with van der Waals surface area (Å²) >= 11 is 0. The van der Waals surface area contributed by atoms with Crippen LogP contribution in [0, 0.1) is 0 Å². The van der Waals surface area contributed by atoms with Crippen molar-refractivity contribution in [3.05, 3.63) is 23.0 Å². The molecule has 0 atom stereocenters. The summed E-state index contributed by atoms with van der Waals surface area (Å²) in [5.41, 5.74) is 9.97. The molecule has 1 saturated heterocycles. The Labute approximate surface area is 152 Å². The van der Waals surface area contributed by atoms with Crippen molar-refractivity contribution < 1.29 is 9.53 Å². The average molecular weight is 356 g/mol. The number of anilines is 1. The monoisotopic (exact) mass is 356 g/mol. The van der Waals surface area contributed by atoms with Gasteiger partial charge in [-0.2, -0.15) is 5.10 Å². The molecule has 0 spiro atoms. The molecule has 4 rings (SSSR count). The molecule has 0 saturated carbocycles. The number of piperidine rings is 1. The zero-order valence-electron chi connectivity index (χ0n) is 15.2. The van der Waals surface area contributed by atoms with Crippen LogP contribution in [0.25, 0.3) is 11.4 Å². The topological polar surface area (TPSA) is 99.2 Å². The van der Waals surface area contributed by atoms with E-state index in [1.54, 1.807) is 6.20 Å². The molecule has 1 aliphatic heterocycles. The standard InChI is InChI=1S/C18H24N6O2/c1-3-26-17(25)15-13-5-4-11-10-20-18(19)21-14(11)16(13)24(22-15)12-6-8-23(2)9-7-12/h10,12H,3-9H2,1-2H3,(H2,19,20,21). The van der Waals surface area contributed by atoms with E-state index < -0.39 is 0 Å². The largest absolute Gasteiger partial charge is 0.461 e. The van der Waals surface area contributed by atoms with Gasteiger partial charge in [-0.05, 0) is 58.3 Å². The predicted octanol–water partition coefficient (Wildman–Crippen LogP) is 1.46. The number of nitrogen functional groups attached to an aromatic ring is 1. The fourth-order valence-electron chi connectivity index (χ4n) is 3.89. The van der Waals surface area contributed by atoms with Crippen LogP contribution in [0.2, 0.25) is 0 Å². The van der Waals surface area contributed by atoms with E-state index >= 15 is 0 Å². The highest BCUT2D eigenvalue weighted by Crippen LogP contribution is 2.37. The number of carbonyl (C=O) groups is 1. The van der Waals surface area contributed by atoms with Gasteiger partial charge in [0.05, 0.1) is 24.0 Å². The maximum Gasteiger partial charge on any atom is 0.359 e. The summed E-state index contributed by atoms with van der Waals surface area (Å²) < 4.78 is 7.24. The predicted molar refractivity (Wildman–Crippen MR) is 96.8 cm³/mol. The molecule has 2 N–H and O–H groups in total. The molecule has 0 bridgehead atoms. The number of fused-ring (bicyclic) bond motifs is 3. The van der Waals surface area contributed by atoms with Crippen molar-refractivity contribution >= 4 is 11.9 Å². The summed E-state index contributed by atoms with van der Waals surface area (Å²) in [4.78, 5) is 23.4. The first-order chi connectivity index (χ1) is 12.6. The van der Waals surface area contributed by atoms with Crippen LogP contribution in [0.4, 0.5) is 5.95 Å². The quantitative estimate of drug-likeness (QED) is 0.831. The lowest BCUT2D eigenvalue weighted by atomic mass is 9.92. The Kier molecular flexibility index (Phi) is 4.36. The number of likely N-dealkylation sites (tertiary alicyclic amines) is 1. The van der Waals surface area contributed by atoms with Gasteiger partial charge >= 0.3 is 5.97 Å². The van der Waals surface area contributed by atoms with Gasteiger partial charge in [0, 0.05) is 11.8 Å². The highest BCUT2D eigenvalue weighted by atomic mass is 16.5. The fourth-order valence-corrected chi connectivity index (χ4v) is 3.89. The fraction of sp³-hybridized carbons (Fsp3) is 0.556. The molecule has 138 valence electrons. The minimum atomic E-state index is -0.360. The second kappa shape index (κ2) is 6.68. The highest BCUT2D eigenvalue weighted by Gasteiger charge is 2.33. The third-order valence-corrected chi connectivity index (χ3v) is 5.26. The van der Waals surface area contributed by atoms with Crippen molar-refractivity contribution in [2.24, 2.45) is 0 Å². The Bertz CT molecular complexity index is 838. The van der Waals surface area contributed by atoms with E-state index in [1.165, 1.54) is 0 Å². The maximum atomic E-state index is 12.5. The zero-order valence-corrected chi connectivity index (χ0v) is 15.2. The van der Waals surface area contributed by atoms with Gasteiger partial charge in [-0.3, -0.25) is 4.68 Å². The molecule has 1 aliphatic carbocycles. The van der Waals surface area contributed by atoms with Crippen molar-refractivity contribution in [2.45, 2.75) is 38.6 Å². The summed E-state index contributed by atoms with van der Waals surface area (Å²) in [6, 6.07) is 0.241. The Balaban J connectivity index is 1.85. The van der Waals surface area contributed by atoms with E-state index in [0.717, 1.165) is 61.3 Å². The number of nitrogens with zero attached hydrogens (tertiary/aromatic N) is 5. The number of nitrogens with two attached hydrogens (primary N) is 1. The Morgan fingerprint density at radius 1 is 1.35 bits per heavy atom. The van der Waals surface area contributed by atoms with Crippen molar-refractivity contribution in [3.8, 4) is 11.4 Å². The van der Waals surface area contributed by atoms with E-state index in [9.17, 15) is 4.79 Å². The molecule has 3 heterocycles. The molecule has 0 aromatic carbocycles. The van der Waals surface area contributed by atoms with Crippen LogP contribution in [0.5, 0.6) is 0 Å². The Hall–Kier alpha value is -2.48.